The average Bonchev–Trinajstić information content (AvgIpc) is 2.45. The van der Waals surface area contributed by atoms with Gasteiger partial charge < -0.3 is 19.8 Å². The monoisotopic (exact) mass is 342 g/mol. The van der Waals surface area contributed by atoms with Gasteiger partial charge in [-0.1, -0.05) is 6.42 Å². The predicted molar refractivity (Wildman–Crippen MR) is 88.8 cm³/mol. The van der Waals surface area contributed by atoms with E-state index in [0.29, 0.717) is 25.6 Å². The molecule has 0 bridgehead atoms. The molecule has 2 aliphatic rings. The molecule has 1 aliphatic heterocycles. The minimum absolute atomic E-state index is 0.138. The maximum absolute atomic E-state index is 12.2. The van der Waals surface area contributed by atoms with Crippen LogP contribution in [0.2, 0.25) is 0 Å². The lowest BCUT2D eigenvalue weighted by atomic mass is 9.86. The van der Waals surface area contributed by atoms with Gasteiger partial charge in [0.25, 0.3) is 0 Å². The van der Waals surface area contributed by atoms with Crippen molar-refractivity contribution in [3.8, 4) is 0 Å². The van der Waals surface area contributed by atoms with Crippen molar-refractivity contribution < 1.29 is 24.5 Å². The number of ether oxygens (including phenoxy) is 1. The maximum Gasteiger partial charge on any atom is 0.410 e. The first-order valence-corrected chi connectivity index (χ1v) is 8.78. The van der Waals surface area contributed by atoms with Crippen LogP contribution in [0.3, 0.4) is 0 Å². The topological polar surface area (TPSA) is 90.3 Å². The lowest BCUT2D eigenvalue weighted by Gasteiger charge is -2.41. The normalized spacial score (nSPS) is 29.3. The number of amides is 1. The second-order valence-corrected chi connectivity index (χ2v) is 7.96. The fourth-order valence-corrected chi connectivity index (χ4v) is 3.53. The molecular formula is C17H30N2O5. The molecule has 1 aliphatic carbocycles. The number of rotatable bonds is 3. The third-order valence-corrected chi connectivity index (χ3v) is 4.68. The summed E-state index contributed by atoms with van der Waals surface area (Å²) in [7, 11) is 0. The molecule has 0 aromatic rings. The summed E-state index contributed by atoms with van der Waals surface area (Å²) in [5.41, 5.74) is -0.592. The highest BCUT2D eigenvalue weighted by molar-refractivity contribution is 5.76. The van der Waals surface area contributed by atoms with Crippen LogP contribution in [0.5, 0.6) is 0 Å². The number of piperazine rings is 1. The molecule has 24 heavy (non-hydrogen) atoms. The lowest BCUT2D eigenvalue weighted by molar-refractivity contribution is -0.146. The maximum atomic E-state index is 12.2. The van der Waals surface area contributed by atoms with Gasteiger partial charge in [-0.2, -0.15) is 0 Å². The van der Waals surface area contributed by atoms with E-state index >= 15 is 0 Å². The van der Waals surface area contributed by atoms with Crippen LogP contribution in [0.25, 0.3) is 0 Å². The Kier molecular flexibility index (Phi) is 6.09. The van der Waals surface area contributed by atoms with E-state index in [4.69, 9.17) is 4.74 Å². The summed E-state index contributed by atoms with van der Waals surface area (Å²) in [6, 6.07) is -0.717. The zero-order valence-electron chi connectivity index (χ0n) is 14.9. The Balaban J connectivity index is 1.95. The Morgan fingerprint density at radius 2 is 1.92 bits per heavy atom. The molecule has 1 saturated carbocycles. The van der Waals surface area contributed by atoms with E-state index in [1.54, 1.807) is 20.8 Å². The molecule has 7 nitrogen and oxygen atoms in total. The fraction of sp³-hybridized carbons (Fsp3) is 0.882. The minimum Gasteiger partial charge on any atom is -0.480 e. The molecular weight excluding hydrogens is 312 g/mol. The van der Waals surface area contributed by atoms with Gasteiger partial charge in [-0.25, -0.2) is 4.79 Å². The van der Waals surface area contributed by atoms with Crippen LogP contribution >= 0.6 is 0 Å². The van der Waals surface area contributed by atoms with Crippen molar-refractivity contribution in [2.75, 3.05) is 26.2 Å². The van der Waals surface area contributed by atoms with Gasteiger partial charge in [0.1, 0.15) is 11.6 Å². The molecule has 1 saturated heterocycles. The van der Waals surface area contributed by atoms with Crippen molar-refractivity contribution in [1.29, 1.82) is 0 Å². The smallest absolute Gasteiger partial charge is 0.410 e. The Morgan fingerprint density at radius 3 is 2.50 bits per heavy atom. The number of carboxylic acid groups (broad SMARTS) is 1. The molecule has 1 amide bonds. The zero-order chi connectivity index (χ0) is 17.9. The molecule has 2 N–H and O–H groups in total. The van der Waals surface area contributed by atoms with Crippen LogP contribution in [0.4, 0.5) is 4.79 Å². The third-order valence-electron chi connectivity index (χ3n) is 4.68. The molecule has 0 spiro atoms. The van der Waals surface area contributed by atoms with Crippen LogP contribution in [0, 0.1) is 5.92 Å². The fourth-order valence-electron chi connectivity index (χ4n) is 3.53. The standard InChI is InChI=1S/C17H30N2O5/c1-17(2,3)24-16(23)19-8-7-18(14(11-19)15(21)22)10-12-5-4-6-13(20)9-12/h12-14,20H,4-11H2,1-3H3,(H,21,22). The average molecular weight is 342 g/mol. The number of carboxylic acids is 1. The van der Waals surface area contributed by atoms with Gasteiger partial charge in [-0.05, 0) is 46.0 Å². The van der Waals surface area contributed by atoms with Gasteiger partial charge in [0, 0.05) is 19.6 Å². The largest absolute Gasteiger partial charge is 0.480 e. The van der Waals surface area contributed by atoms with Crippen molar-refractivity contribution in [3.05, 3.63) is 0 Å². The highest BCUT2D eigenvalue weighted by atomic mass is 16.6. The number of hydrogen-bond acceptors (Lipinski definition) is 5. The van der Waals surface area contributed by atoms with Crippen molar-refractivity contribution in [3.63, 3.8) is 0 Å². The van der Waals surface area contributed by atoms with E-state index in [1.807, 2.05) is 4.90 Å². The first kappa shape index (κ1) is 19.0. The van der Waals surface area contributed by atoms with Crippen molar-refractivity contribution in [2.45, 2.75) is 64.2 Å². The van der Waals surface area contributed by atoms with Crippen LogP contribution in [-0.4, -0.2) is 76.0 Å². The molecule has 1 heterocycles. The van der Waals surface area contributed by atoms with Crippen LogP contribution in [0.15, 0.2) is 0 Å². The quantitative estimate of drug-likeness (QED) is 0.809. The molecule has 3 atom stereocenters. The molecule has 2 rings (SSSR count). The summed E-state index contributed by atoms with van der Waals surface area (Å²) >= 11 is 0. The van der Waals surface area contributed by atoms with Gasteiger partial charge in [-0.15, -0.1) is 0 Å². The first-order valence-electron chi connectivity index (χ1n) is 8.78. The van der Waals surface area contributed by atoms with Crippen LogP contribution < -0.4 is 0 Å². The van der Waals surface area contributed by atoms with E-state index in [1.165, 1.54) is 4.90 Å². The van der Waals surface area contributed by atoms with Gasteiger partial charge in [0.15, 0.2) is 0 Å². The summed E-state index contributed by atoms with van der Waals surface area (Å²) in [4.78, 5) is 27.3. The molecule has 138 valence electrons. The van der Waals surface area contributed by atoms with Crippen molar-refractivity contribution in [2.24, 2.45) is 5.92 Å². The van der Waals surface area contributed by atoms with Crippen LogP contribution in [-0.2, 0) is 9.53 Å². The highest BCUT2D eigenvalue weighted by Crippen LogP contribution is 2.26. The first-order chi connectivity index (χ1) is 11.2. The Bertz CT molecular complexity index is 462. The SMILES string of the molecule is CC(C)(C)OC(=O)N1CCN(CC2CCCC(O)C2)C(C(=O)O)C1. The third kappa shape index (κ3) is 5.34. The van der Waals surface area contributed by atoms with Crippen LogP contribution in [0.1, 0.15) is 46.5 Å². The Morgan fingerprint density at radius 1 is 1.21 bits per heavy atom. The van der Waals surface area contributed by atoms with E-state index in [-0.39, 0.29) is 12.6 Å². The predicted octanol–water partition coefficient (Wildman–Crippen LogP) is 1.54. The highest BCUT2D eigenvalue weighted by Gasteiger charge is 2.37. The summed E-state index contributed by atoms with van der Waals surface area (Å²) in [5, 5.41) is 19.4. The van der Waals surface area contributed by atoms with E-state index in [2.05, 4.69) is 0 Å². The van der Waals surface area contributed by atoms with E-state index in [9.17, 15) is 19.8 Å². The van der Waals surface area contributed by atoms with E-state index in [0.717, 1.165) is 25.7 Å². The number of carbonyl (C=O) groups is 2. The second kappa shape index (κ2) is 7.70. The molecule has 2 fully saturated rings. The van der Waals surface area contributed by atoms with Gasteiger partial charge >= 0.3 is 12.1 Å². The van der Waals surface area contributed by atoms with Gasteiger partial charge in [0.05, 0.1) is 12.6 Å². The Hall–Kier alpha value is -1.34. The van der Waals surface area contributed by atoms with Crippen molar-refractivity contribution >= 4 is 12.1 Å². The molecule has 3 unspecified atom stereocenters. The minimum atomic E-state index is -0.917. The number of carbonyl (C=O) groups excluding carboxylic acids is 1. The van der Waals surface area contributed by atoms with E-state index < -0.39 is 23.7 Å². The van der Waals surface area contributed by atoms with Crippen molar-refractivity contribution in [1.82, 2.24) is 9.80 Å². The molecule has 0 radical (unpaired) electrons. The summed E-state index contributed by atoms with van der Waals surface area (Å²) in [6.45, 7) is 7.17. The summed E-state index contributed by atoms with van der Waals surface area (Å²) < 4.78 is 5.35. The zero-order valence-corrected chi connectivity index (χ0v) is 14.9. The van der Waals surface area contributed by atoms with Gasteiger partial charge in [0.2, 0.25) is 0 Å². The number of aliphatic hydroxyl groups excluding tert-OH is 1. The summed E-state index contributed by atoms with van der Waals surface area (Å²) in [6.07, 6.45) is 2.86. The molecule has 7 heteroatoms. The number of aliphatic carboxylic acids is 1. The number of aliphatic hydroxyl groups is 1. The Labute approximate surface area is 143 Å². The summed E-state index contributed by atoms with van der Waals surface area (Å²) in [5.74, 6) is -0.594. The number of hydrogen-bond donors (Lipinski definition) is 2. The number of nitrogens with zero attached hydrogens (tertiary/aromatic N) is 2. The molecule has 0 aromatic heterocycles. The second-order valence-electron chi connectivity index (χ2n) is 7.96. The lowest BCUT2D eigenvalue weighted by Crippen LogP contribution is -2.59. The van der Waals surface area contributed by atoms with Gasteiger partial charge in [-0.3, -0.25) is 9.69 Å². The molecule has 0 aromatic carbocycles.